The normalized spacial score (nSPS) is 11.0. The molecule has 4 rings (SSSR count). The molecular weight excluding hydrogens is 362 g/mol. The van der Waals surface area contributed by atoms with Gasteiger partial charge < -0.3 is 4.74 Å². The molecule has 0 N–H and O–H groups in total. The van der Waals surface area contributed by atoms with Crippen molar-refractivity contribution in [3.8, 4) is 21.0 Å². The van der Waals surface area contributed by atoms with E-state index in [0.29, 0.717) is 11.5 Å². The minimum absolute atomic E-state index is 0.297. The van der Waals surface area contributed by atoms with E-state index < -0.39 is 0 Å². The van der Waals surface area contributed by atoms with Gasteiger partial charge in [0.05, 0.1) is 12.3 Å². The summed E-state index contributed by atoms with van der Waals surface area (Å²) in [5.41, 5.74) is 2.90. The molecule has 26 heavy (non-hydrogen) atoms. The zero-order valence-electron chi connectivity index (χ0n) is 14.5. The fraction of sp³-hybridized carbons (Fsp3) is 0.143. The van der Waals surface area contributed by atoms with Gasteiger partial charge in [-0.1, -0.05) is 36.4 Å². The molecule has 130 valence electrons. The maximum absolute atomic E-state index is 12.0. The van der Waals surface area contributed by atoms with Gasteiger partial charge in [0.25, 0.3) is 0 Å². The number of esters is 1. The van der Waals surface area contributed by atoms with E-state index in [4.69, 9.17) is 4.74 Å². The van der Waals surface area contributed by atoms with Gasteiger partial charge in [0, 0.05) is 15.1 Å². The highest BCUT2D eigenvalue weighted by Gasteiger charge is 2.17. The summed E-state index contributed by atoms with van der Waals surface area (Å²) in [4.78, 5) is 18.4. The maximum atomic E-state index is 12.0. The standard InChI is InChI=1S/C21H17NO2S2/c1-3-24-21(23)19-13(2)22-20(26-19)16-9-6-8-14(11-16)18-12-15-7-4-5-10-17(15)25-18/h4-12H,3H2,1-2H3. The molecule has 0 amide bonds. The van der Waals surface area contributed by atoms with E-state index in [2.05, 4.69) is 47.4 Å². The van der Waals surface area contributed by atoms with Crippen molar-refractivity contribution in [2.24, 2.45) is 0 Å². The summed E-state index contributed by atoms with van der Waals surface area (Å²) >= 11 is 3.17. The number of hydrogen-bond acceptors (Lipinski definition) is 5. The summed E-state index contributed by atoms with van der Waals surface area (Å²) in [5, 5.41) is 2.10. The third-order valence-corrected chi connectivity index (χ3v) is 6.43. The number of carbonyl (C=O) groups excluding carboxylic acids is 1. The Morgan fingerprint density at radius 3 is 2.65 bits per heavy atom. The van der Waals surface area contributed by atoms with Gasteiger partial charge in [-0.15, -0.1) is 22.7 Å². The van der Waals surface area contributed by atoms with Crippen LogP contribution in [-0.4, -0.2) is 17.6 Å². The predicted octanol–water partition coefficient (Wildman–Crippen LogP) is 6.18. The molecule has 0 bridgehead atoms. The van der Waals surface area contributed by atoms with Crippen LogP contribution >= 0.6 is 22.7 Å². The number of aromatic nitrogens is 1. The van der Waals surface area contributed by atoms with E-state index in [1.54, 1.807) is 11.3 Å². The molecule has 2 aromatic heterocycles. The third-order valence-electron chi connectivity index (χ3n) is 4.08. The van der Waals surface area contributed by atoms with Gasteiger partial charge in [-0.05, 0) is 43.0 Å². The van der Waals surface area contributed by atoms with Crippen molar-refractivity contribution in [1.29, 1.82) is 0 Å². The number of fused-ring (bicyclic) bond motifs is 1. The SMILES string of the molecule is CCOC(=O)c1sc(-c2cccc(-c3cc4ccccc4s3)c2)nc1C. The molecule has 0 radical (unpaired) electrons. The smallest absolute Gasteiger partial charge is 0.350 e. The van der Waals surface area contributed by atoms with Crippen LogP contribution in [0.4, 0.5) is 0 Å². The predicted molar refractivity (Wildman–Crippen MR) is 109 cm³/mol. The highest BCUT2D eigenvalue weighted by atomic mass is 32.1. The van der Waals surface area contributed by atoms with Crippen molar-refractivity contribution in [1.82, 2.24) is 4.98 Å². The van der Waals surface area contributed by atoms with Crippen molar-refractivity contribution < 1.29 is 9.53 Å². The molecule has 0 aliphatic heterocycles. The van der Waals surface area contributed by atoms with Crippen LogP contribution in [0, 0.1) is 6.92 Å². The number of aryl methyl sites for hydroxylation is 1. The van der Waals surface area contributed by atoms with Crippen LogP contribution in [0.15, 0.2) is 54.6 Å². The van der Waals surface area contributed by atoms with Crippen molar-refractivity contribution in [3.05, 3.63) is 65.2 Å². The van der Waals surface area contributed by atoms with Crippen LogP contribution < -0.4 is 0 Å². The second-order valence-electron chi connectivity index (χ2n) is 5.88. The molecule has 0 fully saturated rings. The van der Waals surface area contributed by atoms with E-state index in [1.807, 2.05) is 26.0 Å². The molecule has 4 aromatic rings. The Kier molecular flexibility index (Phi) is 4.57. The number of nitrogens with zero attached hydrogens (tertiary/aromatic N) is 1. The molecule has 0 saturated carbocycles. The lowest BCUT2D eigenvalue weighted by Crippen LogP contribution is -2.03. The van der Waals surface area contributed by atoms with Gasteiger partial charge in [0.2, 0.25) is 0 Å². The fourth-order valence-electron chi connectivity index (χ4n) is 2.84. The highest BCUT2D eigenvalue weighted by Crippen LogP contribution is 2.36. The number of benzene rings is 2. The van der Waals surface area contributed by atoms with E-state index in [0.717, 1.165) is 21.8 Å². The van der Waals surface area contributed by atoms with Crippen molar-refractivity contribution in [3.63, 3.8) is 0 Å². The number of thiophene rings is 1. The van der Waals surface area contributed by atoms with Gasteiger partial charge >= 0.3 is 5.97 Å². The molecule has 5 heteroatoms. The number of thiazole rings is 1. The summed E-state index contributed by atoms with van der Waals surface area (Å²) in [6, 6.07) is 18.9. The first-order valence-corrected chi connectivity index (χ1v) is 10.0. The summed E-state index contributed by atoms with van der Waals surface area (Å²) in [6.45, 7) is 4.03. The molecular formula is C21H17NO2S2. The average molecular weight is 380 g/mol. The maximum Gasteiger partial charge on any atom is 0.350 e. The molecule has 3 nitrogen and oxygen atoms in total. The summed E-state index contributed by atoms with van der Waals surface area (Å²) in [7, 11) is 0. The monoisotopic (exact) mass is 379 g/mol. The van der Waals surface area contributed by atoms with Crippen LogP contribution in [0.2, 0.25) is 0 Å². The number of ether oxygens (including phenoxy) is 1. The van der Waals surface area contributed by atoms with Gasteiger partial charge in [0.1, 0.15) is 9.88 Å². The quantitative estimate of drug-likeness (QED) is 0.398. The van der Waals surface area contributed by atoms with E-state index in [-0.39, 0.29) is 5.97 Å². The Morgan fingerprint density at radius 2 is 1.85 bits per heavy atom. The Bertz CT molecular complexity index is 1060. The molecule has 2 heterocycles. The molecule has 2 aromatic carbocycles. The first kappa shape index (κ1) is 16.9. The van der Waals surface area contributed by atoms with Crippen LogP contribution in [0.5, 0.6) is 0 Å². The molecule has 0 aliphatic carbocycles. The second kappa shape index (κ2) is 7.02. The van der Waals surface area contributed by atoms with Crippen LogP contribution in [0.25, 0.3) is 31.1 Å². The van der Waals surface area contributed by atoms with Gasteiger partial charge in [-0.2, -0.15) is 0 Å². The third kappa shape index (κ3) is 3.16. The molecule has 0 unspecified atom stereocenters. The lowest BCUT2D eigenvalue weighted by Gasteiger charge is -2.01. The number of hydrogen-bond donors (Lipinski definition) is 0. The molecule has 0 saturated heterocycles. The molecule has 0 spiro atoms. The van der Waals surface area contributed by atoms with Gasteiger partial charge in [-0.3, -0.25) is 0 Å². The van der Waals surface area contributed by atoms with Crippen LogP contribution in [0.1, 0.15) is 22.3 Å². The summed E-state index contributed by atoms with van der Waals surface area (Å²) < 4.78 is 6.40. The van der Waals surface area contributed by atoms with Crippen LogP contribution in [-0.2, 0) is 4.74 Å². The zero-order valence-corrected chi connectivity index (χ0v) is 16.1. The highest BCUT2D eigenvalue weighted by molar-refractivity contribution is 7.22. The van der Waals surface area contributed by atoms with Gasteiger partial charge in [-0.25, -0.2) is 9.78 Å². The van der Waals surface area contributed by atoms with Gasteiger partial charge in [0.15, 0.2) is 0 Å². The van der Waals surface area contributed by atoms with Crippen molar-refractivity contribution >= 4 is 38.7 Å². The Morgan fingerprint density at radius 1 is 1.04 bits per heavy atom. The Hall–Kier alpha value is -2.50. The zero-order chi connectivity index (χ0) is 18.1. The summed E-state index contributed by atoms with van der Waals surface area (Å²) in [6.07, 6.45) is 0. The van der Waals surface area contributed by atoms with E-state index in [1.165, 1.54) is 26.3 Å². The lowest BCUT2D eigenvalue weighted by atomic mass is 10.1. The first-order valence-electron chi connectivity index (χ1n) is 8.39. The topological polar surface area (TPSA) is 39.2 Å². The second-order valence-corrected chi connectivity index (χ2v) is 7.97. The van der Waals surface area contributed by atoms with Crippen LogP contribution in [0.3, 0.4) is 0 Å². The van der Waals surface area contributed by atoms with E-state index in [9.17, 15) is 4.79 Å². The summed E-state index contributed by atoms with van der Waals surface area (Å²) in [5.74, 6) is -0.297. The number of carbonyl (C=O) groups is 1. The van der Waals surface area contributed by atoms with Crippen molar-refractivity contribution in [2.75, 3.05) is 6.61 Å². The Balaban J connectivity index is 1.72. The minimum Gasteiger partial charge on any atom is -0.462 e. The molecule has 0 aliphatic rings. The van der Waals surface area contributed by atoms with Crippen molar-refractivity contribution in [2.45, 2.75) is 13.8 Å². The largest absolute Gasteiger partial charge is 0.462 e. The first-order chi connectivity index (χ1) is 12.7. The Labute approximate surface area is 159 Å². The van der Waals surface area contributed by atoms with E-state index >= 15 is 0 Å². The fourth-order valence-corrected chi connectivity index (χ4v) is 4.85. The minimum atomic E-state index is -0.297. The number of rotatable bonds is 4. The average Bonchev–Trinajstić information content (AvgIpc) is 3.25. The molecule has 0 atom stereocenters. The lowest BCUT2D eigenvalue weighted by molar-refractivity contribution is 0.0531.